The van der Waals surface area contributed by atoms with Gasteiger partial charge in [0.15, 0.2) is 0 Å². The smallest absolute Gasteiger partial charge is 0.345 e. The molecule has 0 radical (unpaired) electrons. The summed E-state index contributed by atoms with van der Waals surface area (Å²) < 4.78 is 38.5. The number of hydrogen-bond acceptors (Lipinski definition) is 4. The summed E-state index contributed by atoms with van der Waals surface area (Å²) in [5.41, 5.74) is 16.2. The van der Waals surface area contributed by atoms with E-state index in [0.717, 1.165) is 28.2 Å². The molecule has 28 heavy (non-hydrogen) atoms. The molecule has 0 aliphatic rings. The third-order valence-corrected chi connectivity index (χ3v) is 5.84. The SMILES string of the molecule is NCC(N)(c1ccc(-c2csc(C(F)(F)F)c2)cc1)c1ccc2nc[nH]c2c1. The predicted octanol–water partition coefficient (Wildman–Crippen LogP) is 4.47. The van der Waals surface area contributed by atoms with E-state index < -0.39 is 16.6 Å². The van der Waals surface area contributed by atoms with Crippen molar-refractivity contribution in [3.8, 4) is 11.1 Å². The quantitative estimate of drug-likeness (QED) is 0.471. The van der Waals surface area contributed by atoms with Gasteiger partial charge in [-0.1, -0.05) is 30.3 Å². The Bertz CT molecular complexity index is 1110. The summed E-state index contributed by atoms with van der Waals surface area (Å²) in [7, 11) is 0. The number of thiophene rings is 1. The highest BCUT2D eigenvalue weighted by molar-refractivity contribution is 7.10. The largest absolute Gasteiger partial charge is 0.425 e. The van der Waals surface area contributed by atoms with Crippen molar-refractivity contribution < 1.29 is 13.2 Å². The Hall–Kier alpha value is -2.68. The van der Waals surface area contributed by atoms with Crippen LogP contribution in [0.5, 0.6) is 0 Å². The molecule has 4 aromatic rings. The molecule has 0 aliphatic carbocycles. The van der Waals surface area contributed by atoms with Crippen LogP contribution in [0.2, 0.25) is 0 Å². The number of nitrogens with zero attached hydrogens (tertiary/aromatic N) is 1. The molecule has 0 saturated heterocycles. The molecular formula is C20H17F3N4S. The molecule has 0 saturated carbocycles. The number of halogens is 3. The molecule has 1 atom stereocenters. The van der Waals surface area contributed by atoms with Crippen molar-refractivity contribution in [2.75, 3.05) is 6.54 Å². The highest BCUT2D eigenvalue weighted by Gasteiger charge is 2.33. The number of alkyl halides is 3. The van der Waals surface area contributed by atoms with Gasteiger partial charge in [0.2, 0.25) is 0 Å². The Morgan fingerprint density at radius 1 is 0.964 bits per heavy atom. The molecule has 2 aromatic heterocycles. The minimum atomic E-state index is -4.33. The van der Waals surface area contributed by atoms with Crippen LogP contribution in [0.25, 0.3) is 22.2 Å². The van der Waals surface area contributed by atoms with Crippen LogP contribution in [-0.2, 0) is 11.7 Å². The van der Waals surface area contributed by atoms with Crippen LogP contribution >= 0.6 is 11.3 Å². The molecule has 1 unspecified atom stereocenters. The minimum Gasteiger partial charge on any atom is -0.345 e. The summed E-state index contributed by atoms with van der Waals surface area (Å²) in [6.07, 6.45) is -2.72. The lowest BCUT2D eigenvalue weighted by molar-refractivity contribution is -0.134. The number of hydrogen-bond donors (Lipinski definition) is 3. The summed E-state index contributed by atoms with van der Waals surface area (Å²) in [5, 5.41) is 1.50. The monoisotopic (exact) mass is 402 g/mol. The van der Waals surface area contributed by atoms with E-state index in [1.165, 1.54) is 5.38 Å². The van der Waals surface area contributed by atoms with Crippen molar-refractivity contribution in [3.63, 3.8) is 0 Å². The molecule has 4 nitrogen and oxygen atoms in total. The van der Waals surface area contributed by atoms with Crippen molar-refractivity contribution in [3.05, 3.63) is 76.2 Å². The maximum absolute atomic E-state index is 12.8. The zero-order valence-electron chi connectivity index (χ0n) is 14.6. The average Bonchev–Trinajstić information content (AvgIpc) is 3.36. The summed E-state index contributed by atoms with van der Waals surface area (Å²) in [4.78, 5) is 6.64. The van der Waals surface area contributed by atoms with Crippen LogP contribution in [0, 0.1) is 0 Å². The Morgan fingerprint density at radius 2 is 1.68 bits per heavy atom. The van der Waals surface area contributed by atoms with Gasteiger partial charge in [-0.15, -0.1) is 11.3 Å². The molecule has 0 fully saturated rings. The number of imidazole rings is 1. The zero-order chi connectivity index (χ0) is 19.9. The average molecular weight is 402 g/mol. The van der Waals surface area contributed by atoms with Crippen molar-refractivity contribution in [2.24, 2.45) is 11.5 Å². The molecule has 0 aliphatic heterocycles. The van der Waals surface area contributed by atoms with Crippen LogP contribution in [0.4, 0.5) is 13.2 Å². The minimum absolute atomic E-state index is 0.169. The highest BCUT2D eigenvalue weighted by atomic mass is 32.1. The lowest BCUT2D eigenvalue weighted by Crippen LogP contribution is -2.45. The Labute approximate surface area is 163 Å². The number of nitrogens with two attached hydrogens (primary N) is 2. The van der Waals surface area contributed by atoms with Crippen molar-refractivity contribution >= 4 is 22.4 Å². The summed E-state index contributed by atoms with van der Waals surface area (Å²) in [6, 6.07) is 14.0. The molecule has 5 N–H and O–H groups in total. The second kappa shape index (κ2) is 6.73. The maximum Gasteiger partial charge on any atom is 0.425 e. The van der Waals surface area contributed by atoms with Gasteiger partial charge in [0, 0.05) is 6.54 Å². The number of aromatic amines is 1. The lowest BCUT2D eigenvalue weighted by atomic mass is 9.83. The van der Waals surface area contributed by atoms with E-state index in [4.69, 9.17) is 11.5 Å². The zero-order valence-corrected chi connectivity index (χ0v) is 15.4. The fraction of sp³-hybridized carbons (Fsp3) is 0.150. The molecular weight excluding hydrogens is 385 g/mol. The van der Waals surface area contributed by atoms with E-state index in [1.807, 2.05) is 30.3 Å². The number of H-pyrrole nitrogens is 1. The molecule has 144 valence electrons. The van der Waals surface area contributed by atoms with Gasteiger partial charge in [-0.3, -0.25) is 0 Å². The third kappa shape index (κ3) is 3.19. The molecule has 2 heterocycles. The highest BCUT2D eigenvalue weighted by Crippen LogP contribution is 2.37. The molecule has 8 heteroatoms. The Balaban J connectivity index is 1.68. The van der Waals surface area contributed by atoms with Crippen molar-refractivity contribution in [1.29, 1.82) is 0 Å². The van der Waals surface area contributed by atoms with E-state index in [2.05, 4.69) is 9.97 Å². The second-order valence-electron chi connectivity index (χ2n) is 6.58. The first-order valence-corrected chi connectivity index (χ1v) is 9.38. The fourth-order valence-corrected chi connectivity index (χ4v) is 4.00. The predicted molar refractivity (Wildman–Crippen MR) is 105 cm³/mol. The van der Waals surface area contributed by atoms with E-state index in [0.29, 0.717) is 22.5 Å². The number of benzene rings is 2. The van der Waals surface area contributed by atoms with Crippen molar-refractivity contribution in [1.82, 2.24) is 9.97 Å². The topological polar surface area (TPSA) is 80.7 Å². The fourth-order valence-electron chi connectivity index (χ4n) is 3.21. The number of aromatic nitrogens is 2. The summed E-state index contributed by atoms with van der Waals surface area (Å²) in [6.45, 7) is 0.169. The second-order valence-corrected chi connectivity index (χ2v) is 7.50. The van der Waals surface area contributed by atoms with Gasteiger partial charge in [-0.05, 0) is 45.8 Å². The van der Waals surface area contributed by atoms with Gasteiger partial charge < -0.3 is 16.5 Å². The van der Waals surface area contributed by atoms with Gasteiger partial charge in [0.05, 0.1) is 22.9 Å². The van der Waals surface area contributed by atoms with Gasteiger partial charge in [0.25, 0.3) is 0 Å². The lowest BCUT2D eigenvalue weighted by Gasteiger charge is -2.29. The summed E-state index contributed by atoms with van der Waals surface area (Å²) >= 11 is 0.685. The van der Waals surface area contributed by atoms with Crippen LogP contribution in [0.3, 0.4) is 0 Å². The number of nitrogens with one attached hydrogen (secondary N) is 1. The van der Waals surface area contributed by atoms with Crippen molar-refractivity contribution in [2.45, 2.75) is 11.7 Å². The van der Waals surface area contributed by atoms with Gasteiger partial charge in [-0.25, -0.2) is 4.98 Å². The van der Waals surface area contributed by atoms with E-state index >= 15 is 0 Å². The van der Waals surface area contributed by atoms with E-state index in [-0.39, 0.29) is 6.54 Å². The van der Waals surface area contributed by atoms with Crippen LogP contribution < -0.4 is 11.5 Å². The molecule has 0 bridgehead atoms. The first kappa shape index (κ1) is 18.7. The first-order valence-electron chi connectivity index (χ1n) is 8.50. The van der Waals surface area contributed by atoms with E-state index in [9.17, 15) is 13.2 Å². The molecule has 4 rings (SSSR count). The van der Waals surface area contributed by atoms with Gasteiger partial charge >= 0.3 is 6.18 Å². The first-order chi connectivity index (χ1) is 13.3. The Morgan fingerprint density at radius 3 is 2.32 bits per heavy atom. The maximum atomic E-state index is 12.8. The van der Waals surface area contributed by atoms with Crippen LogP contribution in [-0.4, -0.2) is 16.5 Å². The standard InChI is InChI=1S/C20H17F3N4S/c21-20(22,23)18-7-13(9-28-18)12-1-3-14(4-2-12)19(25,10-24)15-5-6-16-17(8-15)27-11-26-16/h1-9,11H,10,24-25H2,(H,26,27). The Kier molecular flexibility index (Phi) is 4.49. The van der Waals surface area contributed by atoms with Gasteiger partial charge in [0.1, 0.15) is 4.88 Å². The van der Waals surface area contributed by atoms with Crippen LogP contribution in [0.15, 0.2) is 60.2 Å². The molecule has 2 aromatic carbocycles. The molecule has 0 amide bonds. The molecule has 0 spiro atoms. The summed E-state index contributed by atoms with van der Waals surface area (Å²) in [5.74, 6) is 0. The number of rotatable bonds is 4. The third-order valence-electron chi connectivity index (χ3n) is 4.87. The van der Waals surface area contributed by atoms with Crippen LogP contribution in [0.1, 0.15) is 16.0 Å². The normalized spacial score (nSPS) is 14.3. The number of fused-ring (bicyclic) bond motifs is 1. The van der Waals surface area contributed by atoms with E-state index in [1.54, 1.807) is 18.5 Å². The van der Waals surface area contributed by atoms with Gasteiger partial charge in [-0.2, -0.15) is 13.2 Å².